The lowest BCUT2D eigenvalue weighted by Gasteiger charge is -2.31. The summed E-state index contributed by atoms with van der Waals surface area (Å²) in [6, 6.07) is 18.2. The summed E-state index contributed by atoms with van der Waals surface area (Å²) in [6.07, 6.45) is 3.34. The fourth-order valence-electron chi connectivity index (χ4n) is 5.26. The number of amides is 1. The van der Waals surface area contributed by atoms with E-state index in [1.165, 1.54) is 17.9 Å². The number of aryl methyl sites for hydroxylation is 2. The van der Waals surface area contributed by atoms with E-state index >= 15 is 0 Å². The molecule has 1 saturated heterocycles. The van der Waals surface area contributed by atoms with E-state index in [1.807, 2.05) is 30.3 Å². The summed E-state index contributed by atoms with van der Waals surface area (Å²) < 4.78 is 13.1. The first-order valence-electron chi connectivity index (χ1n) is 13.7. The monoisotopic (exact) mass is 619 g/mol. The van der Waals surface area contributed by atoms with Gasteiger partial charge in [-0.25, -0.2) is 14.8 Å². The molecule has 1 aliphatic heterocycles. The van der Waals surface area contributed by atoms with Gasteiger partial charge in [-0.3, -0.25) is 9.36 Å². The van der Waals surface area contributed by atoms with Crippen LogP contribution in [-0.2, 0) is 38.3 Å². The van der Waals surface area contributed by atoms with Gasteiger partial charge in [-0.05, 0) is 35.6 Å². The maximum Gasteiger partial charge on any atom is 0.346 e. The van der Waals surface area contributed by atoms with E-state index < -0.39 is 48.1 Å². The van der Waals surface area contributed by atoms with Gasteiger partial charge >= 0.3 is 5.97 Å². The third-order valence-electron chi connectivity index (χ3n) is 7.70. The Morgan fingerprint density at radius 1 is 1.14 bits per heavy atom. The lowest BCUT2D eigenvalue weighted by molar-refractivity contribution is -0.181. The number of carboxylic acid groups (broad SMARTS) is 1. The fourth-order valence-corrected chi connectivity index (χ4v) is 5.45. The number of terminal acetylenes is 1. The number of nitrogens with zero attached hydrogens (tertiary/aromatic N) is 4. The van der Waals surface area contributed by atoms with Gasteiger partial charge in [-0.1, -0.05) is 66.6 Å². The highest BCUT2D eigenvalue weighted by atomic mass is 35.5. The van der Waals surface area contributed by atoms with Crippen molar-refractivity contribution >= 4 is 34.6 Å². The van der Waals surface area contributed by atoms with Gasteiger partial charge < -0.3 is 30.1 Å². The molecule has 3 heterocycles. The average Bonchev–Trinajstić information content (AvgIpc) is 3.56. The highest BCUT2D eigenvalue weighted by Gasteiger charge is 2.57. The van der Waals surface area contributed by atoms with Crippen molar-refractivity contribution in [2.45, 2.75) is 48.9 Å². The lowest BCUT2D eigenvalue weighted by atomic mass is 9.91. The number of carboxylic acids is 1. The van der Waals surface area contributed by atoms with Gasteiger partial charge in [0.1, 0.15) is 17.7 Å². The molecule has 0 radical (unpaired) electrons. The van der Waals surface area contributed by atoms with Gasteiger partial charge in [0, 0.05) is 13.5 Å². The van der Waals surface area contributed by atoms with Gasteiger partial charge in [0.15, 0.2) is 17.5 Å². The molecule has 13 heteroatoms. The largest absolute Gasteiger partial charge is 0.479 e. The van der Waals surface area contributed by atoms with Crippen molar-refractivity contribution in [1.82, 2.24) is 24.8 Å². The predicted molar refractivity (Wildman–Crippen MR) is 158 cm³/mol. The number of hydrogen-bond acceptors (Lipinski definition) is 9. The predicted octanol–water partition coefficient (Wildman–Crippen LogP) is 1.72. The molecule has 12 nitrogen and oxygen atoms in total. The summed E-state index contributed by atoms with van der Waals surface area (Å²) >= 11 is 6.27. The van der Waals surface area contributed by atoms with Crippen molar-refractivity contribution in [2.24, 2.45) is 0 Å². The number of rotatable bonds is 11. The zero-order valence-electron chi connectivity index (χ0n) is 23.6. The Bertz CT molecular complexity index is 1700. The van der Waals surface area contributed by atoms with Crippen LogP contribution in [0.25, 0.3) is 11.2 Å². The second kappa shape index (κ2) is 12.7. The smallest absolute Gasteiger partial charge is 0.346 e. The number of benzene rings is 2. The number of halogens is 1. The molecule has 0 bridgehead atoms. The summed E-state index contributed by atoms with van der Waals surface area (Å²) in [5.41, 5.74) is -1.92. The average molecular weight is 620 g/mol. The molecule has 0 saturated carbocycles. The van der Waals surface area contributed by atoms with E-state index in [9.17, 15) is 24.9 Å². The highest BCUT2D eigenvalue weighted by molar-refractivity contribution is 6.28. The Morgan fingerprint density at radius 2 is 1.80 bits per heavy atom. The number of aromatic nitrogens is 4. The van der Waals surface area contributed by atoms with Crippen LogP contribution >= 0.6 is 11.6 Å². The molecule has 0 aliphatic carbocycles. The zero-order chi connectivity index (χ0) is 31.5. The number of fused-ring (bicyclic) bond motifs is 1. The van der Waals surface area contributed by atoms with Crippen LogP contribution in [0.15, 0.2) is 67.0 Å². The maximum atomic E-state index is 12.9. The number of likely N-dealkylation sites (N-methyl/N-ethyl adjacent to an activating group) is 1. The number of ether oxygens (including phenoxy) is 2. The van der Waals surface area contributed by atoms with Crippen LogP contribution in [0.1, 0.15) is 23.0 Å². The lowest BCUT2D eigenvalue weighted by Crippen LogP contribution is -2.57. The van der Waals surface area contributed by atoms with E-state index in [-0.39, 0.29) is 17.4 Å². The molecule has 4 aromatic rings. The van der Waals surface area contributed by atoms with Crippen molar-refractivity contribution in [3.63, 3.8) is 0 Å². The van der Waals surface area contributed by atoms with E-state index in [4.69, 9.17) is 27.5 Å². The topological polar surface area (TPSA) is 169 Å². The quantitative estimate of drug-likeness (QED) is 0.110. The van der Waals surface area contributed by atoms with Crippen molar-refractivity contribution in [3.05, 3.63) is 89.1 Å². The van der Waals surface area contributed by atoms with Crippen molar-refractivity contribution in [2.75, 3.05) is 13.7 Å². The van der Waals surface area contributed by atoms with E-state index in [2.05, 4.69) is 26.2 Å². The fraction of sp³-hybridized carbons (Fsp3) is 0.323. The molecule has 0 spiro atoms. The summed E-state index contributed by atoms with van der Waals surface area (Å²) in [6.45, 7) is -0.661. The van der Waals surface area contributed by atoms with Crippen LogP contribution < -0.4 is 5.32 Å². The van der Waals surface area contributed by atoms with Crippen molar-refractivity contribution in [1.29, 1.82) is 0 Å². The third kappa shape index (κ3) is 5.76. The first-order valence-corrected chi connectivity index (χ1v) is 14.1. The normalized spacial score (nSPS) is 22.8. The van der Waals surface area contributed by atoms with Crippen molar-refractivity contribution < 1.29 is 34.4 Å². The molecule has 1 amide bonds. The summed E-state index contributed by atoms with van der Waals surface area (Å²) in [7, 11) is 1.28. The second-order valence-electron chi connectivity index (χ2n) is 10.4. The molecule has 228 valence electrons. The standard InChI is InChI=1S/C31H30ClN5O7/c1-3-30(42)22(17-43-31(28(40)41,27(39)33-2)16-20-12-8-5-9-13-20)44-26(24(30)38)37-18-34-23-21(35-29(32)36-25(23)37)15-14-19-10-6-4-7-11-19/h1,4-13,18,22,24,26,38,42H,14-17H2,2H3,(H,33,39)(H,40,41)/t22-,24+,26-,30-,31?/m1/s1. The molecule has 5 rings (SSSR count). The molecule has 1 unspecified atom stereocenters. The molecule has 2 aromatic heterocycles. The highest BCUT2D eigenvalue weighted by Crippen LogP contribution is 2.39. The Morgan fingerprint density at radius 3 is 2.41 bits per heavy atom. The van der Waals surface area contributed by atoms with E-state index in [0.717, 1.165) is 5.56 Å². The van der Waals surface area contributed by atoms with Crippen LogP contribution in [0.4, 0.5) is 0 Å². The van der Waals surface area contributed by atoms with Crippen LogP contribution in [-0.4, -0.2) is 83.8 Å². The maximum absolute atomic E-state index is 12.9. The Kier molecular flexibility index (Phi) is 8.96. The second-order valence-corrected chi connectivity index (χ2v) is 10.7. The summed E-state index contributed by atoms with van der Waals surface area (Å²) in [5, 5.41) is 35.1. The first-order chi connectivity index (χ1) is 21.1. The van der Waals surface area contributed by atoms with Crippen LogP contribution in [0.3, 0.4) is 0 Å². The molecule has 4 N–H and O–H groups in total. The minimum absolute atomic E-state index is 0.0559. The Labute approximate surface area is 257 Å². The number of carbonyl (C=O) groups excluding carboxylic acids is 1. The number of carbonyl (C=O) groups is 2. The number of imidazole rings is 1. The summed E-state index contributed by atoms with van der Waals surface area (Å²) in [5.74, 6) is -0.328. The third-order valence-corrected chi connectivity index (χ3v) is 7.87. The number of hydrogen-bond donors (Lipinski definition) is 4. The number of aliphatic hydroxyl groups is 2. The first kappa shape index (κ1) is 31.1. The Hall–Kier alpha value is -4.38. The van der Waals surface area contributed by atoms with E-state index in [0.29, 0.717) is 29.6 Å². The van der Waals surface area contributed by atoms with E-state index in [1.54, 1.807) is 30.3 Å². The number of nitrogens with one attached hydrogen (secondary N) is 1. The van der Waals surface area contributed by atoms with Crippen LogP contribution in [0, 0.1) is 12.3 Å². The molecule has 1 fully saturated rings. The van der Waals surface area contributed by atoms with Gasteiger partial charge in [0.05, 0.1) is 18.6 Å². The molecular weight excluding hydrogens is 590 g/mol. The summed E-state index contributed by atoms with van der Waals surface area (Å²) in [4.78, 5) is 38.5. The van der Waals surface area contributed by atoms with Crippen LogP contribution in [0.2, 0.25) is 5.28 Å². The molecule has 5 atom stereocenters. The van der Waals surface area contributed by atoms with Crippen molar-refractivity contribution in [3.8, 4) is 12.3 Å². The minimum atomic E-state index is -2.39. The zero-order valence-corrected chi connectivity index (χ0v) is 24.4. The van der Waals surface area contributed by atoms with Crippen LogP contribution in [0.5, 0.6) is 0 Å². The van der Waals surface area contributed by atoms with Gasteiger partial charge in [0.25, 0.3) is 5.91 Å². The molecule has 44 heavy (non-hydrogen) atoms. The SMILES string of the molecule is C#C[C@@]1(O)[C@@H](COC(Cc2ccccc2)(C(=O)O)C(=O)NC)O[C@@H](n2cnc3c(CCc4ccccc4)nc(Cl)nc32)[C@@H]1O. The number of aliphatic carboxylic acids is 1. The number of aliphatic hydroxyl groups excluding tert-OH is 1. The molecular formula is C31H30ClN5O7. The Balaban J connectivity index is 1.43. The van der Waals surface area contributed by atoms with Gasteiger partial charge in [-0.15, -0.1) is 6.42 Å². The van der Waals surface area contributed by atoms with Gasteiger partial charge in [-0.2, -0.15) is 4.98 Å². The minimum Gasteiger partial charge on any atom is -0.479 e. The van der Waals surface area contributed by atoms with Gasteiger partial charge in [0.2, 0.25) is 10.9 Å². The molecule has 2 aromatic carbocycles. The molecule has 1 aliphatic rings.